The Morgan fingerprint density at radius 2 is 1.95 bits per heavy atom. The summed E-state index contributed by atoms with van der Waals surface area (Å²) < 4.78 is 29.6. The summed E-state index contributed by atoms with van der Waals surface area (Å²) in [5.74, 6) is -0.273. The number of benzene rings is 2. The summed E-state index contributed by atoms with van der Waals surface area (Å²) in [6.07, 6.45) is 4.14. The molecule has 5 heteroatoms. The van der Waals surface area contributed by atoms with Gasteiger partial charge in [-0.2, -0.15) is 0 Å². The molecule has 1 aromatic heterocycles. The molecule has 112 valence electrons. The van der Waals surface area contributed by atoms with E-state index in [4.69, 9.17) is 0 Å². The second-order valence-corrected chi connectivity index (χ2v) is 5.93. The molecule has 0 fully saturated rings. The van der Waals surface area contributed by atoms with E-state index in [9.17, 15) is 8.78 Å². The smallest absolute Gasteiger partial charge is 0.131 e. The number of imidazole rings is 1. The Morgan fingerprint density at radius 3 is 2.73 bits per heavy atom. The fourth-order valence-electron chi connectivity index (χ4n) is 2.31. The van der Waals surface area contributed by atoms with Crippen LogP contribution in [0.3, 0.4) is 0 Å². The zero-order chi connectivity index (χ0) is 15.5. The third kappa shape index (κ3) is 3.42. The molecule has 3 aromatic rings. The van der Waals surface area contributed by atoms with Crippen LogP contribution in [0.4, 0.5) is 8.78 Å². The Morgan fingerprint density at radius 1 is 1.09 bits per heavy atom. The Balaban J connectivity index is 1.83. The molecular formula is C17H13BrF2N2. The monoisotopic (exact) mass is 362 g/mol. The van der Waals surface area contributed by atoms with Gasteiger partial charge in [0.1, 0.15) is 17.5 Å². The predicted molar refractivity (Wildman–Crippen MR) is 84.6 cm³/mol. The number of nitrogens with zero attached hydrogens (tertiary/aromatic N) is 2. The maximum atomic E-state index is 13.8. The highest BCUT2D eigenvalue weighted by Gasteiger charge is 2.09. The average molecular weight is 363 g/mol. The van der Waals surface area contributed by atoms with Gasteiger partial charge in [-0.1, -0.05) is 34.1 Å². The highest BCUT2D eigenvalue weighted by Crippen LogP contribution is 2.16. The normalized spacial score (nSPS) is 10.9. The lowest BCUT2D eigenvalue weighted by molar-refractivity contribution is 0.564. The van der Waals surface area contributed by atoms with E-state index in [0.29, 0.717) is 18.5 Å². The van der Waals surface area contributed by atoms with Crippen molar-refractivity contribution in [2.24, 2.45) is 0 Å². The molecule has 0 amide bonds. The molecule has 0 aliphatic heterocycles. The van der Waals surface area contributed by atoms with Crippen molar-refractivity contribution in [2.45, 2.75) is 13.0 Å². The van der Waals surface area contributed by atoms with Gasteiger partial charge < -0.3 is 4.57 Å². The van der Waals surface area contributed by atoms with Crippen molar-refractivity contribution in [2.75, 3.05) is 0 Å². The van der Waals surface area contributed by atoms with Crippen LogP contribution >= 0.6 is 15.9 Å². The number of rotatable bonds is 4. The van der Waals surface area contributed by atoms with Gasteiger partial charge in [-0.15, -0.1) is 0 Å². The van der Waals surface area contributed by atoms with Crippen molar-refractivity contribution in [1.82, 2.24) is 9.55 Å². The molecule has 0 saturated carbocycles. The van der Waals surface area contributed by atoms with E-state index in [1.165, 1.54) is 12.1 Å². The Hall–Kier alpha value is -2.01. The summed E-state index contributed by atoms with van der Waals surface area (Å²) >= 11 is 3.44. The van der Waals surface area contributed by atoms with Gasteiger partial charge in [0.05, 0.1) is 6.54 Å². The molecular weight excluding hydrogens is 350 g/mol. The molecule has 0 aliphatic rings. The molecule has 0 unspecified atom stereocenters. The van der Waals surface area contributed by atoms with Gasteiger partial charge in [0.25, 0.3) is 0 Å². The maximum Gasteiger partial charge on any atom is 0.131 e. The number of aromatic nitrogens is 2. The summed E-state index contributed by atoms with van der Waals surface area (Å²) in [4.78, 5) is 4.34. The lowest BCUT2D eigenvalue weighted by Crippen LogP contribution is -2.06. The molecule has 0 radical (unpaired) electrons. The summed E-state index contributed by atoms with van der Waals surface area (Å²) in [5, 5.41) is 0. The van der Waals surface area contributed by atoms with Crippen molar-refractivity contribution in [3.05, 3.63) is 87.9 Å². The van der Waals surface area contributed by atoms with Crippen LogP contribution in [0.15, 0.2) is 59.3 Å². The van der Waals surface area contributed by atoms with Gasteiger partial charge in [-0.05, 0) is 23.8 Å². The van der Waals surface area contributed by atoms with E-state index in [1.54, 1.807) is 12.4 Å². The second-order valence-electron chi connectivity index (χ2n) is 5.01. The van der Waals surface area contributed by atoms with Crippen LogP contribution in [-0.4, -0.2) is 9.55 Å². The molecule has 0 bridgehead atoms. The lowest BCUT2D eigenvalue weighted by atomic mass is 10.1. The maximum absolute atomic E-state index is 13.8. The first-order valence-corrected chi connectivity index (χ1v) is 7.59. The molecule has 1 heterocycles. The van der Waals surface area contributed by atoms with Gasteiger partial charge in [0.15, 0.2) is 0 Å². The van der Waals surface area contributed by atoms with Crippen LogP contribution in [0.2, 0.25) is 0 Å². The minimum Gasteiger partial charge on any atom is -0.330 e. The minimum atomic E-state index is -0.568. The van der Waals surface area contributed by atoms with Crippen molar-refractivity contribution in [3.8, 4) is 0 Å². The van der Waals surface area contributed by atoms with Gasteiger partial charge in [0, 0.05) is 34.9 Å². The summed E-state index contributed by atoms with van der Waals surface area (Å²) in [6.45, 7) is 0.329. The summed E-state index contributed by atoms with van der Waals surface area (Å²) in [6, 6.07) is 11.6. The predicted octanol–water partition coefficient (Wildman–Crippen LogP) is 4.56. The molecule has 0 aliphatic carbocycles. The van der Waals surface area contributed by atoms with E-state index in [1.807, 2.05) is 28.8 Å². The number of hydrogen-bond donors (Lipinski definition) is 0. The molecule has 2 aromatic carbocycles. The van der Waals surface area contributed by atoms with Crippen LogP contribution in [0.5, 0.6) is 0 Å². The topological polar surface area (TPSA) is 17.8 Å². The largest absolute Gasteiger partial charge is 0.330 e. The Bertz CT molecular complexity index is 799. The van der Waals surface area contributed by atoms with Crippen LogP contribution in [0.1, 0.15) is 17.0 Å². The van der Waals surface area contributed by atoms with E-state index >= 15 is 0 Å². The number of hydrogen-bond acceptors (Lipinski definition) is 1. The van der Waals surface area contributed by atoms with Crippen molar-refractivity contribution < 1.29 is 8.78 Å². The zero-order valence-electron chi connectivity index (χ0n) is 11.6. The fraction of sp³-hybridized carbons (Fsp3) is 0.118. The highest BCUT2D eigenvalue weighted by molar-refractivity contribution is 9.10. The van der Waals surface area contributed by atoms with Gasteiger partial charge in [0.2, 0.25) is 0 Å². The standard InChI is InChI=1S/C17H13BrF2N2/c18-14-3-1-2-12(8-14)9-17-21-6-7-22(17)11-13-4-5-15(19)10-16(13)20/h1-8,10H,9,11H2. The molecule has 2 nitrogen and oxygen atoms in total. The van der Waals surface area contributed by atoms with E-state index < -0.39 is 11.6 Å². The second kappa shape index (κ2) is 6.40. The van der Waals surface area contributed by atoms with Gasteiger partial charge >= 0.3 is 0 Å². The SMILES string of the molecule is Fc1ccc(Cn2ccnc2Cc2cccc(Br)c2)c(F)c1. The van der Waals surface area contributed by atoms with Gasteiger partial charge in [-0.3, -0.25) is 0 Å². The van der Waals surface area contributed by atoms with Crippen LogP contribution < -0.4 is 0 Å². The molecule has 0 saturated heterocycles. The van der Waals surface area contributed by atoms with Crippen molar-refractivity contribution >= 4 is 15.9 Å². The van der Waals surface area contributed by atoms with E-state index in [0.717, 1.165) is 21.9 Å². The first kappa shape index (κ1) is 14.9. The highest BCUT2D eigenvalue weighted by atomic mass is 79.9. The Kier molecular flexibility index (Phi) is 4.34. The Labute approximate surface area is 135 Å². The van der Waals surface area contributed by atoms with E-state index in [-0.39, 0.29) is 0 Å². The molecule has 0 spiro atoms. The van der Waals surface area contributed by atoms with Crippen LogP contribution in [0, 0.1) is 11.6 Å². The van der Waals surface area contributed by atoms with Crippen molar-refractivity contribution in [1.29, 1.82) is 0 Å². The van der Waals surface area contributed by atoms with Crippen molar-refractivity contribution in [3.63, 3.8) is 0 Å². The van der Waals surface area contributed by atoms with E-state index in [2.05, 4.69) is 20.9 Å². The minimum absolute atomic E-state index is 0.329. The van der Waals surface area contributed by atoms with Gasteiger partial charge in [-0.25, -0.2) is 13.8 Å². The average Bonchev–Trinajstić information content (AvgIpc) is 2.89. The molecule has 3 rings (SSSR count). The molecule has 22 heavy (non-hydrogen) atoms. The zero-order valence-corrected chi connectivity index (χ0v) is 13.2. The summed E-state index contributed by atoms with van der Waals surface area (Å²) in [5.41, 5.74) is 1.55. The third-order valence-corrected chi connectivity index (χ3v) is 3.90. The fourth-order valence-corrected chi connectivity index (χ4v) is 2.76. The first-order valence-electron chi connectivity index (χ1n) is 6.80. The van der Waals surface area contributed by atoms with Crippen LogP contribution in [-0.2, 0) is 13.0 Å². The first-order chi connectivity index (χ1) is 10.6. The third-order valence-electron chi connectivity index (χ3n) is 3.41. The van der Waals surface area contributed by atoms with Crippen LogP contribution in [0.25, 0.3) is 0 Å². The molecule has 0 N–H and O–H groups in total. The quantitative estimate of drug-likeness (QED) is 0.664. The lowest BCUT2D eigenvalue weighted by Gasteiger charge is -2.09. The summed E-state index contributed by atoms with van der Waals surface area (Å²) in [7, 11) is 0. The molecule has 0 atom stereocenters. The number of halogens is 3.